The van der Waals surface area contributed by atoms with Crippen molar-refractivity contribution >= 4 is 11.0 Å². The Labute approximate surface area is 211 Å². The molecule has 1 atom stereocenters. The molecular formula is C24H24F6N2O4S. The lowest BCUT2D eigenvalue weighted by molar-refractivity contribution is -0.275. The molecule has 0 fully saturated rings. The summed E-state index contributed by atoms with van der Waals surface area (Å²) in [5, 5.41) is 3.82. The van der Waals surface area contributed by atoms with Gasteiger partial charge in [-0.3, -0.25) is 0 Å². The number of nitrogens with one attached hydrogen (secondary N) is 1. The monoisotopic (exact) mass is 550 g/mol. The van der Waals surface area contributed by atoms with Crippen LogP contribution in [-0.4, -0.2) is 26.8 Å². The van der Waals surface area contributed by atoms with Crippen LogP contribution in [0.5, 0.6) is 11.5 Å². The lowest BCUT2D eigenvalue weighted by atomic mass is 9.80. The third kappa shape index (κ3) is 7.71. The highest BCUT2D eigenvalue weighted by atomic mass is 32.2. The van der Waals surface area contributed by atoms with Crippen LogP contribution in [0.2, 0.25) is 0 Å². The average Bonchev–Trinajstić information content (AvgIpc) is 3.15. The van der Waals surface area contributed by atoms with Gasteiger partial charge in [0.15, 0.2) is 0 Å². The van der Waals surface area contributed by atoms with Gasteiger partial charge in [-0.15, -0.1) is 26.3 Å². The Morgan fingerprint density at radius 1 is 0.865 bits per heavy atom. The summed E-state index contributed by atoms with van der Waals surface area (Å²) in [6.07, 6.45) is -10.2. The number of aryl methyl sites for hydroxylation is 1. The first kappa shape index (κ1) is 28.5. The van der Waals surface area contributed by atoms with Gasteiger partial charge in [0.05, 0.1) is 27.0 Å². The summed E-state index contributed by atoms with van der Waals surface area (Å²) in [6.45, 7) is 6.62. The van der Waals surface area contributed by atoms with Crippen molar-refractivity contribution in [2.24, 2.45) is 0 Å². The number of hydrogen-bond acceptors (Lipinski definition) is 5. The standard InChI is InChI=1S/C24H24F6N2O4S/c1-15-11-20(36-31-15)14-22(32-37(33)21(2,3)4,16-7-5-9-18(12-16)34-23(25,26)27)17-8-6-10-19(13-17)35-24(28,29)30/h5-13,32H,14H2,1-4H3/t37-/m0/s1. The van der Waals surface area contributed by atoms with E-state index in [1.165, 1.54) is 24.3 Å². The van der Waals surface area contributed by atoms with E-state index in [1.54, 1.807) is 33.8 Å². The molecule has 3 aromatic rings. The van der Waals surface area contributed by atoms with Crippen LogP contribution in [0.3, 0.4) is 0 Å². The Morgan fingerprint density at radius 3 is 1.73 bits per heavy atom. The SMILES string of the molecule is Cc1cc(CC(N[S@@](=O)C(C)(C)C)(c2cccc(OC(F)(F)F)c2)c2cccc(OC(F)(F)F)c2)on1. The van der Waals surface area contributed by atoms with Gasteiger partial charge in [-0.2, -0.15) is 0 Å². The van der Waals surface area contributed by atoms with E-state index in [9.17, 15) is 30.6 Å². The highest BCUT2D eigenvalue weighted by molar-refractivity contribution is 7.84. The van der Waals surface area contributed by atoms with Gasteiger partial charge >= 0.3 is 12.7 Å². The molecule has 0 saturated carbocycles. The molecule has 1 heterocycles. The van der Waals surface area contributed by atoms with Crippen molar-refractivity contribution in [3.63, 3.8) is 0 Å². The van der Waals surface area contributed by atoms with Crippen molar-refractivity contribution in [1.29, 1.82) is 0 Å². The second-order valence-corrected chi connectivity index (χ2v) is 11.1. The Hall–Kier alpha value is -3.06. The van der Waals surface area contributed by atoms with Crippen LogP contribution in [0.15, 0.2) is 59.1 Å². The Kier molecular flexibility index (Phi) is 7.99. The number of alkyl halides is 6. The second-order valence-electron chi connectivity index (χ2n) is 9.15. The van der Waals surface area contributed by atoms with Crippen molar-refractivity contribution in [3.8, 4) is 11.5 Å². The van der Waals surface area contributed by atoms with Crippen LogP contribution in [0.4, 0.5) is 26.3 Å². The highest BCUT2D eigenvalue weighted by Gasteiger charge is 2.41. The molecule has 1 N–H and O–H groups in total. The quantitative estimate of drug-likeness (QED) is 0.333. The zero-order valence-corrected chi connectivity index (χ0v) is 21.0. The summed E-state index contributed by atoms with van der Waals surface area (Å²) in [5.74, 6) is -0.913. The molecule has 37 heavy (non-hydrogen) atoms. The number of ether oxygens (including phenoxy) is 2. The van der Waals surface area contributed by atoms with Crippen LogP contribution >= 0.6 is 0 Å². The lowest BCUT2D eigenvalue weighted by Crippen LogP contribution is -2.50. The zero-order chi connectivity index (χ0) is 27.6. The maximum Gasteiger partial charge on any atom is 0.573 e. The van der Waals surface area contributed by atoms with Crippen LogP contribution < -0.4 is 14.2 Å². The van der Waals surface area contributed by atoms with Gasteiger partial charge < -0.3 is 14.0 Å². The minimum atomic E-state index is -4.99. The molecule has 0 amide bonds. The molecule has 1 aromatic heterocycles. The van der Waals surface area contributed by atoms with E-state index >= 15 is 0 Å². The van der Waals surface area contributed by atoms with Crippen LogP contribution in [-0.2, 0) is 22.9 Å². The van der Waals surface area contributed by atoms with Gasteiger partial charge in [-0.05, 0) is 63.1 Å². The Morgan fingerprint density at radius 2 is 1.35 bits per heavy atom. The van der Waals surface area contributed by atoms with Crippen LogP contribution in [0, 0.1) is 6.92 Å². The fourth-order valence-corrected chi connectivity index (χ4v) is 4.44. The molecule has 0 saturated heterocycles. The summed E-state index contributed by atoms with van der Waals surface area (Å²) in [7, 11) is -1.86. The first-order chi connectivity index (χ1) is 17.0. The van der Waals surface area contributed by atoms with Gasteiger partial charge in [0.2, 0.25) is 0 Å². The van der Waals surface area contributed by atoms with Gasteiger partial charge in [0, 0.05) is 12.5 Å². The fourth-order valence-electron chi connectivity index (χ4n) is 3.51. The lowest BCUT2D eigenvalue weighted by Gasteiger charge is -2.37. The fraction of sp³-hybridized carbons (Fsp3) is 0.375. The first-order valence-corrected chi connectivity index (χ1v) is 12.0. The van der Waals surface area contributed by atoms with Gasteiger partial charge in [-0.1, -0.05) is 29.4 Å². The third-order valence-corrected chi connectivity index (χ3v) is 6.71. The summed E-state index contributed by atoms with van der Waals surface area (Å²) in [4.78, 5) is 0. The van der Waals surface area contributed by atoms with E-state index < -0.39 is 45.5 Å². The van der Waals surface area contributed by atoms with Crippen LogP contribution in [0.25, 0.3) is 0 Å². The molecule has 0 bridgehead atoms. The van der Waals surface area contributed by atoms with Crippen molar-refractivity contribution in [3.05, 3.63) is 77.2 Å². The summed E-state index contributed by atoms with van der Waals surface area (Å²) in [5.41, 5.74) is -0.945. The topological polar surface area (TPSA) is 73.6 Å². The van der Waals surface area contributed by atoms with E-state index in [-0.39, 0.29) is 23.3 Å². The minimum absolute atomic E-state index is 0.116. The maximum absolute atomic E-state index is 13.4. The molecule has 0 aliphatic rings. The molecule has 0 unspecified atom stereocenters. The minimum Gasteiger partial charge on any atom is -0.406 e. The number of rotatable bonds is 8. The smallest absolute Gasteiger partial charge is 0.406 e. The summed E-state index contributed by atoms with van der Waals surface area (Å²) < 4.78 is 107. The van der Waals surface area contributed by atoms with Crippen molar-refractivity contribution in [2.45, 2.75) is 57.1 Å². The van der Waals surface area contributed by atoms with Crippen molar-refractivity contribution < 1.29 is 44.5 Å². The highest BCUT2D eigenvalue weighted by Crippen LogP contribution is 2.39. The number of benzene rings is 2. The normalized spacial score (nSPS) is 13.9. The van der Waals surface area contributed by atoms with E-state index in [0.717, 1.165) is 24.3 Å². The Balaban J connectivity index is 2.29. The van der Waals surface area contributed by atoms with Crippen molar-refractivity contribution in [1.82, 2.24) is 9.88 Å². The summed E-state index contributed by atoms with van der Waals surface area (Å²) >= 11 is 0. The molecule has 0 aliphatic heterocycles. The van der Waals surface area contributed by atoms with E-state index in [0.29, 0.717) is 5.69 Å². The predicted molar refractivity (Wildman–Crippen MR) is 123 cm³/mol. The molecule has 0 aliphatic carbocycles. The zero-order valence-electron chi connectivity index (χ0n) is 20.2. The molecule has 202 valence electrons. The van der Waals surface area contributed by atoms with E-state index in [2.05, 4.69) is 19.4 Å². The summed E-state index contributed by atoms with van der Waals surface area (Å²) in [6, 6.07) is 11.3. The Bertz CT molecular complexity index is 1190. The molecule has 0 radical (unpaired) electrons. The van der Waals surface area contributed by atoms with Gasteiger partial charge in [0.1, 0.15) is 17.3 Å². The molecular weight excluding hydrogens is 526 g/mol. The second kappa shape index (κ2) is 10.4. The van der Waals surface area contributed by atoms with Gasteiger partial charge in [0.25, 0.3) is 0 Å². The van der Waals surface area contributed by atoms with Gasteiger partial charge in [-0.25, -0.2) is 8.93 Å². The number of aromatic nitrogens is 1. The van der Waals surface area contributed by atoms with E-state index in [1.807, 2.05) is 0 Å². The molecule has 3 rings (SSSR count). The van der Waals surface area contributed by atoms with Crippen molar-refractivity contribution in [2.75, 3.05) is 0 Å². The molecule has 2 aromatic carbocycles. The molecule has 13 heteroatoms. The number of hydrogen-bond donors (Lipinski definition) is 1. The number of halogens is 6. The predicted octanol–water partition coefficient (Wildman–Crippen LogP) is 6.32. The third-order valence-electron chi connectivity index (χ3n) is 5.06. The molecule has 0 spiro atoms. The van der Waals surface area contributed by atoms with Crippen LogP contribution in [0.1, 0.15) is 43.4 Å². The maximum atomic E-state index is 13.4. The first-order valence-electron chi connectivity index (χ1n) is 10.8. The number of nitrogens with zero attached hydrogens (tertiary/aromatic N) is 1. The van der Waals surface area contributed by atoms with E-state index in [4.69, 9.17) is 4.52 Å². The largest absolute Gasteiger partial charge is 0.573 e. The average molecular weight is 551 g/mol. The molecule has 6 nitrogen and oxygen atoms in total.